The summed E-state index contributed by atoms with van der Waals surface area (Å²) < 4.78 is 14.0. The number of ketones is 1. The molecule has 0 radical (unpaired) electrons. The van der Waals surface area contributed by atoms with Crippen molar-refractivity contribution in [2.45, 2.75) is 13.5 Å². The van der Waals surface area contributed by atoms with E-state index in [1.807, 2.05) is 79.3 Å². The first-order chi connectivity index (χ1) is 15.0. The fourth-order valence-corrected chi connectivity index (χ4v) is 4.02. The van der Waals surface area contributed by atoms with E-state index in [4.69, 9.17) is 21.1 Å². The van der Waals surface area contributed by atoms with Gasteiger partial charge < -0.3 is 14.0 Å². The summed E-state index contributed by atoms with van der Waals surface area (Å²) in [6, 6.07) is 19.2. The molecule has 4 aromatic rings. The van der Waals surface area contributed by atoms with Crippen LogP contribution in [0.5, 0.6) is 11.5 Å². The number of aryl methyl sites for hydroxylation is 1. The van der Waals surface area contributed by atoms with Crippen LogP contribution in [0.15, 0.2) is 72.6 Å². The first-order valence-electron chi connectivity index (χ1n) is 10.0. The van der Waals surface area contributed by atoms with Crippen molar-refractivity contribution in [3.05, 3.63) is 99.9 Å². The number of para-hydroxylation sites is 1. The number of rotatable bonds is 4. The molecule has 5 rings (SSSR count). The number of halogens is 1. The standard InChI is InChI=1S/C26H20ClNO3/c1-16-23(30-15-17-7-9-19(27)10-8-17)12-11-21-25(29)24(31-26(16)21)13-18-14-28(2)22-6-4-3-5-20(18)22/h3-14H,15H2,1-2H3. The van der Waals surface area contributed by atoms with Crippen molar-refractivity contribution in [1.82, 2.24) is 4.57 Å². The van der Waals surface area contributed by atoms with Crippen LogP contribution in [0.2, 0.25) is 5.02 Å². The van der Waals surface area contributed by atoms with E-state index in [-0.39, 0.29) is 5.78 Å². The number of fused-ring (bicyclic) bond motifs is 2. The van der Waals surface area contributed by atoms with E-state index in [1.54, 1.807) is 6.07 Å². The zero-order valence-electron chi connectivity index (χ0n) is 17.2. The number of ether oxygens (including phenoxy) is 2. The Hall–Kier alpha value is -3.50. The Morgan fingerprint density at radius 3 is 2.65 bits per heavy atom. The van der Waals surface area contributed by atoms with Crippen molar-refractivity contribution in [2.75, 3.05) is 0 Å². The number of carbonyl (C=O) groups excluding carboxylic acids is 1. The fourth-order valence-electron chi connectivity index (χ4n) is 3.90. The van der Waals surface area contributed by atoms with Crippen LogP contribution in [-0.4, -0.2) is 10.4 Å². The number of aromatic nitrogens is 1. The second-order valence-electron chi connectivity index (χ2n) is 7.63. The van der Waals surface area contributed by atoms with Crippen molar-refractivity contribution < 1.29 is 14.3 Å². The Labute approximate surface area is 185 Å². The molecule has 0 N–H and O–H groups in total. The van der Waals surface area contributed by atoms with Crippen LogP contribution in [0.25, 0.3) is 17.0 Å². The minimum absolute atomic E-state index is 0.115. The summed E-state index contributed by atoms with van der Waals surface area (Å²) in [4.78, 5) is 13.0. The molecule has 0 unspecified atom stereocenters. The highest BCUT2D eigenvalue weighted by atomic mass is 35.5. The van der Waals surface area contributed by atoms with Gasteiger partial charge in [-0.1, -0.05) is 41.9 Å². The molecule has 0 amide bonds. The Kier molecular flexibility index (Phi) is 4.79. The van der Waals surface area contributed by atoms with E-state index in [0.717, 1.165) is 27.6 Å². The van der Waals surface area contributed by atoms with E-state index in [0.29, 0.717) is 34.5 Å². The molecule has 0 fully saturated rings. The lowest BCUT2D eigenvalue weighted by Gasteiger charge is -2.11. The minimum Gasteiger partial charge on any atom is -0.488 e. The van der Waals surface area contributed by atoms with E-state index < -0.39 is 0 Å². The Balaban J connectivity index is 1.43. The summed E-state index contributed by atoms with van der Waals surface area (Å²) in [5, 5.41) is 1.77. The Morgan fingerprint density at radius 1 is 1.06 bits per heavy atom. The highest BCUT2D eigenvalue weighted by molar-refractivity contribution is 6.30. The Morgan fingerprint density at radius 2 is 1.84 bits per heavy atom. The highest BCUT2D eigenvalue weighted by Crippen LogP contribution is 2.40. The SMILES string of the molecule is Cc1c(OCc2ccc(Cl)cc2)ccc2c1OC(=Cc1cn(C)c3ccccc13)C2=O. The van der Waals surface area contributed by atoms with Crippen molar-refractivity contribution in [3.8, 4) is 11.5 Å². The van der Waals surface area contributed by atoms with Crippen molar-refractivity contribution in [3.63, 3.8) is 0 Å². The van der Waals surface area contributed by atoms with Gasteiger partial charge in [-0.05, 0) is 48.9 Å². The predicted molar refractivity (Wildman–Crippen MR) is 123 cm³/mol. The maximum absolute atomic E-state index is 13.0. The lowest BCUT2D eigenvalue weighted by Crippen LogP contribution is -1.98. The van der Waals surface area contributed by atoms with Gasteiger partial charge in [0, 0.05) is 40.3 Å². The molecule has 0 atom stereocenters. The third kappa shape index (κ3) is 3.49. The molecule has 4 nitrogen and oxygen atoms in total. The number of carbonyl (C=O) groups is 1. The second-order valence-corrected chi connectivity index (χ2v) is 8.07. The molecule has 31 heavy (non-hydrogen) atoms. The maximum atomic E-state index is 13.0. The molecule has 0 aliphatic carbocycles. The first kappa shape index (κ1) is 19.5. The normalized spacial score (nSPS) is 14.2. The maximum Gasteiger partial charge on any atom is 0.231 e. The molecule has 0 bridgehead atoms. The molecule has 5 heteroatoms. The summed E-state index contributed by atoms with van der Waals surface area (Å²) in [6.45, 7) is 2.31. The summed E-state index contributed by atoms with van der Waals surface area (Å²) in [5.41, 5.74) is 4.43. The van der Waals surface area contributed by atoms with Crippen LogP contribution in [0.3, 0.4) is 0 Å². The highest BCUT2D eigenvalue weighted by Gasteiger charge is 2.30. The molecule has 0 saturated carbocycles. The number of allylic oxidation sites excluding steroid dienone is 1. The zero-order chi connectivity index (χ0) is 21.5. The smallest absolute Gasteiger partial charge is 0.231 e. The van der Waals surface area contributed by atoms with Gasteiger partial charge in [0.05, 0.1) is 5.56 Å². The summed E-state index contributed by atoms with van der Waals surface area (Å²) in [7, 11) is 1.99. The monoisotopic (exact) mass is 429 g/mol. The van der Waals surface area contributed by atoms with Gasteiger partial charge >= 0.3 is 0 Å². The average molecular weight is 430 g/mol. The van der Waals surface area contributed by atoms with E-state index >= 15 is 0 Å². The van der Waals surface area contributed by atoms with Crippen molar-refractivity contribution >= 4 is 34.4 Å². The third-order valence-corrected chi connectivity index (χ3v) is 5.81. The summed E-state index contributed by atoms with van der Waals surface area (Å²) in [5.74, 6) is 1.46. The molecule has 1 aliphatic rings. The van der Waals surface area contributed by atoms with Gasteiger partial charge in [-0.3, -0.25) is 4.79 Å². The largest absolute Gasteiger partial charge is 0.488 e. The molecular weight excluding hydrogens is 410 g/mol. The van der Waals surface area contributed by atoms with Gasteiger partial charge in [0.25, 0.3) is 0 Å². The van der Waals surface area contributed by atoms with Crippen LogP contribution >= 0.6 is 11.6 Å². The van der Waals surface area contributed by atoms with Crippen LogP contribution in [0.4, 0.5) is 0 Å². The fraction of sp³-hybridized carbons (Fsp3) is 0.115. The average Bonchev–Trinajstić information content (AvgIpc) is 3.27. The lowest BCUT2D eigenvalue weighted by atomic mass is 10.1. The zero-order valence-corrected chi connectivity index (χ0v) is 17.9. The molecule has 3 aromatic carbocycles. The number of hydrogen-bond acceptors (Lipinski definition) is 3. The van der Waals surface area contributed by atoms with Gasteiger partial charge in [0.2, 0.25) is 5.78 Å². The van der Waals surface area contributed by atoms with Crippen LogP contribution in [0, 0.1) is 6.92 Å². The van der Waals surface area contributed by atoms with Crippen LogP contribution < -0.4 is 9.47 Å². The van der Waals surface area contributed by atoms with E-state index in [2.05, 4.69) is 6.07 Å². The molecule has 0 saturated heterocycles. The topological polar surface area (TPSA) is 40.5 Å². The van der Waals surface area contributed by atoms with Crippen LogP contribution in [0.1, 0.15) is 27.0 Å². The number of hydrogen-bond donors (Lipinski definition) is 0. The molecule has 0 spiro atoms. The summed E-state index contributed by atoms with van der Waals surface area (Å²) >= 11 is 5.94. The number of nitrogens with zero attached hydrogens (tertiary/aromatic N) is 1. The van der Waals surface area contributed by atoms with E-state index in [9.17, 15) is 4.79 Å². The molecule has 1 aromatic heterocycles. The quantitative estimate of drug-likeness (QED) is 0.355. The van der Waals surface area contributed by atoms with E-state index in [1.165, 1.54) is 0 Å². The van der Waals surface area contributed by atoms with Gasteiger partial charge in [-0.25, -0.2) is 0 Å². The van der Waals surface area contributed by atoms with Crippen molar-refractivity contribution in [2.24, 2.45) is 7.05 Å². The third-order valence-electron chi connectivity index (χ3n) is 5.56. The molecule has 154 valence electrons. The molecular formula is C26H20ClNO3. The first-order valence-corrected chi connectivity index (χ1v) is 10.4. The lowest BCUT2D eigenvalue weighted by molar-refractivity contribution is 0.101. The molecule has 2 heterocycles. The minimum atomic E-state index is -0.115. The van der Waals surface area contributed by atoms with Gasteiger partial charge in [-0.2, -0.15) is 0 Å². The van der Waals surface area contributed by atoms with Gasteiger partial charge in [0.1, 0.15) is 18.1 Å². The number of Topliss-reactive ketones (excluding diaryl/α,β-unsaturated/α-hetero) is 1. The van der Waals surface area contributed by atoms with Gasteiger partial charge in [0.15, 0.2) is 5.76 Å². The second kappa shape index (κ2) is 7.64. The van der Waals surface area contributed by atoms with Gasteiger partial charge in [-0.15, -0.1) is 0 Å². The Bertz CT molecular complexity index is 1350. The summed E-state index contributed by atoms with van der Waals surface area (Å²) in [6.07, 6.45) is 3.82. The van der Waals surface area contributed by atoms with Crippen molar-refractivity contribution in [1.29, 1.82) is 0 Å². The van der Waals surface area contributed by atoms with Crippen LogP contribution in [-0.2, 0) is 13.7 Å². The molecule has 1 aliphatic heterocycles. The predicted octanol–water partition coefficient (Wildman–Crippen LogP) is 6.34. The number of benzene rings is 3.